The van der Waals surface area contributed by atoms with Crippen molar-refractivity contribution < 1.29 is 4.39 Å². The third kappa shape index (κ3) is 5.52. The molecule has 0 rings (SSSR count). The van der Waals surface area contributed by atoms with Crippen LogP contribution in [0.15, 0.2) is 48.4 Å². The van der Waals surface area contributed by atoms with Gasteiger partial charge in [0.05, 0.1) is 0 Å². The Kier molecular flexibility index (Phi) is 5.86. The Bertz CT molecular complexity index is 267. The second-order valence-electron chi connectivity index (χ2n) is 3.78. The van der Waals surface area contributed by atoms with Crippen molar-refractivity contribution in [3.63, 3.8) is 0 Å². The molecule has 78 valence electrons. The third-order valence-corrected chi connectivity index (χ3v) is 1.91. The third-order valence-electron chi connectivity index (χ3n) is 1.91. The van der Waals surface area contributed by atoms with Crippen molar-refractivity contribution in [3.05, 3.63) is 48.4 Å². The standard InChI is InChI=1S/C13H19F/c1-6-13(14)9-12(5)11(4)8-7-10(2)3/h6,8-10H,1,5,7H2,2-4H3/b11-8+,13-9+. The Labute approximate surface area is 86.5 Å². The van der Waals surface area contributed by atoms with E-state index >= 15 is 0 Å². The van der Waals surface area contributed by atoms with E-state index in [4.69, 9.17) is 0 Å². The van der Waals surface area contributed by atoms with Crippen molar-refractivity contribution in [2.75, 3.05) is 0 Å². The molecule has 0 fully saturated rings. The van der Waals surface area contributed by atoms with Crippen molar-refractivity contribution in [3.8, 4) is 0 Å². The van der Waals surface area contributed by atoms with E-state index in [0.29, 0.717) is 11.5 Å². The van der Waals surface area contributed by atoms with Gasteiger partial charge in [0.15, 0.2) is 0 Å². The number of hydrogen-bond donors (Lipinski definition) is 0. The normalized spacial score (nSPS) is 13.2. The fourth-order valence-electron chi connectivity index (χ4n) is 0.883. The second kappa shape index (κ2) is 6.36. The molecule has 0 radical (unpaired) electrons. The molecule has 0 N–H and O–H groups in total. The number of halogens is 1. The van der Waals surface area contributed by atoms with Crippen LogP contribution >= 0.6 is 0 Å². The van der Waals surface area contributed by atoms with Gasteiger partial charge in [-0.1, -0.05) is 33.1 Å². The smallest absolute Gasteiger partial charge is 0.123 e. The van der Waals surface area contributed by atoms with Gasteiger partial charge in [-0.25, -0.2) is 4.39 Å². The Morgan fingerprint density at radius 1 is 1.43 bits per heavy atom. The Morgan fingerprint density at radius 2 is 2.00 bits per heavy atom. The molecule has 0 aliphatic carbocycles. The molecular weight excluding hydrogens is 175 g/mol. The summed E-state index contributed by atoms with van der Waals surface area (Å²) in [5.41, 5.74) is 1.73. The molecule has 0 aromatic rings. The van der Waals surface area contributed by atoms with E-state index < -0.39 is 0 Å². The maximum atomic E-state index is 12.8. The first-order chi connectivity index (χ1) is 6.47. The first kappa shape index (κ1) is 12.9. The van der Waals surface area contributed by atoms with Gasteiger partial charge in [-0.15, -0.1) is 0 Å². The van der Waals surface area contributed by atoms with Crippen LogP contribution in [0, 0.1) is 5.92 Å². The lowest BCUT2D eigenvalue weighted by Gasteiger charge is -2.03. The van der Waals surface area contributed by atoms with Crippen molar-refractivity contribution in [2.24, 2.45) is 5.92 Å². The van der Waals surface area contributed by atoms with Crippen LogP contribution in [0.25, 0.3) is 0 Å². The highest BCUT2D eigenvalue weighted by Gasteiger charge is 1.96. The SMILES string of the molecule is C=C/C(F)=C\C(=C)/C(C)=C/CC(C)C. The zero-order valence-electron chi connectivity index (χ0n) is 9.31. The highest BCUT2D eigenvalue weighted by atomic mass is 19.1. The molecule has 0 atom stereocenters. The highest BCUT2D eigenvalue weighted by molar-refractivity contribution is 5.38. The summed E-state index contributed by atoms with van der Waals surface area (Å²) in [5, 5.41) is 0. The molecule has 0 aromatic carbocycles. The van der Waals surface area contributed by atoms with Crippen molar-refractivity contribution in [1.29, 1.82) is 0 Å². The molecular formula is C13H19F. The van der Waals surface area contributed by atoms with Gasteiger partial charge in [0.25, 0.3) is 0 Å². The highest BCUT2D eigenvalue weighted by Crippen LogP contribution is 2.14. The van der Waals surface area contributed by atoms with E-state index in [1.54, 1.807) is 0 Å². The first-order valence-corrected chi connectivity index (χ1v) is 4.83. The summed E-state index contributed by atoms with van der Waals surface area (Å²) in [6, 6.07) is 0. The van der Waals surface area contributed by atoms with Crippen molar-refractivity contribution in [1.82, 2.24) is 0 Å². The summed E-state index contributed by atoms with van der Waals surface area (Å²) in [4.78, 5) is 0. The summed E-state index contributed by atoms with van der Waals surface area (Å²) in [7, 11) is 0. The van der Waals surface area contributed by atoms with E-state index in [9.17, 15) is 4.39 Å². The maximum Gasteiger partial charge on any atom is 0.123 e. The molecule has 0 amide bonds. The molecule has 0 aromatic heterocycles. The van der Waals surface area contributed by atoms with Crippen molar-refractivity contribution in [2.45, 2.75) is 27.2 Å². The number of rotatable bonds is 5. The quantitative estimate of drug-likeness (QED) is 0.562. The fraction of sp³-hybridized carbons (Fsp3) is 0.385. The van der Waals surface area contributed by atoms with E-state index in [2.05, 4.69) is 33.1 Å². The number of allylic oxidation sites excluding steroid dienone is 6. The van der Waals surface area contributed by atoms with Gasteiger partial charge in [-0.3, -0.25) is 0 Å². The molecule has 0 heterocycles. The van der Waals surface area contributed by atoms with Crippen LogP contribution in [0.1, 0.15) is 27.2 Å². The van der Waals surface area contributed by atoms with Crippen LogP contribution in [0.2, 0.25) is 0 Å². The molecule has 0 bridgehead atoms. The van der Waals surface area contributed by atoms with E-state index in [1.165, 1.54) is 12.2 Å². The summed E-state index contributed by atoms with van der Waals surface area (Å²) in [5.74, 6) is 0.276. The predicted molar refractivity (Wildman–Crippen MR) is 61.7 cm³/mol. The molecule has 0 saturated heterocycles. The van der Waals surface area contributed by atoms with Gasteiger partial charge in [-0.05, 0) is 42.6 Å². The lowest BCUT2D eigenvalue weighted by molar-refractivity contribution is 0.660. The van der Waals surface area contributed by atoms with Crippen LogP contribution in [0.5, 0.6) is 0 Å². The molecule has 0 nitrogen and oxygen atoms in total. The molecule has 0 unspecified atom stereocenters. The van der Waals surface area contributed by atoms with Crippen LogP contribution in [-0.4, -0.2) is 0 Å². The lowest BCUT2D eigenvalue weighted by atomic mass is 10.0. The van der Waals surface area contributed by atoms with E-state index in [1.807, 2.05) is 6.92 Å². The largest absolute Gasteiger partial charge is 0.207 e. The van der Waals surface area contributed by atoms with Gasteiger partial charge in [0.1, 0.15) is 5.83 Å². The van der Waals surface area contributed by atoms with Crippen LogP contribution in [-0.2, 0) is 0 Å². The summed E-state index contributed by atoms with van der Waals surface area (Å²) in [6.07, 6.45) is 5.66. The minimum Gasteiger partial charge on any atom is -0.207 e. The molecule has 0 aliphatic rings. The Hall–Kier alpha value is -1.11. The summed E-state index contributed by atoms with van der Waals surface area (Å²) < 4.78 is 12.8. The predicted octanol–water partition coefficient (Wildman–Crippen LogP) is 4.57. The minimum absolute atomic E-state index is 0.340. The van der Waals surface area contributed by atoms with E-state index in [-0.39, 0.29) is 5.83 Å². The van der Waals surface area contributed by atoms with Gasteiger partial charge in [0.2, 0.25) is 0 Å². The Morgan fingerprint density at radius 3 is 2.43 bits per heavy atom. The maximum absolute atomic E-state index is 12.8. The van der Waals surface area contributed by atoms with E-state index in [0.717, 1.165) is 12.0 Å². The second-order valence-corrected chi connectivity index (χ2v) is 3.78. The van der Waals surface area contributed by atoms with Gasteiger partial charge in [0, 0.05) is 0 Å². The van der Waals surface area contributed by atoms with Crippen LogP contribution in [0.4, 0.5) is 4.39 Å². The number of hydrogen-bond acceptors (Lipinski definition) is 0. The minimum atomic E-state index is -0.340. The monoisotopic (exact) mass is 194 g/mol. The first-order valence-electron chi connectivity index (χ1n) is 4.83. The van der Waals surface area contributed by atoms with Crippen LogP contribution < -0.4 is 0 Å². The van der Waals surface area contributed by atoms with Gasteiger partial charge in [-0.2, -0.15) is 0 Å². The average Bonchev–Trinajstić information content (AvgIpc) is 2.13. The fourth-order valence-corrected chi connectivity index (χ4v) is 0.883. The molecule has 0 saturated carbocycles. The lowest BCUT2D eigenvalue weighted by Crippen LogP contribution is -1.86. The van der Waals surface area contributed by atoms with Gasteiger partial charge < -0.3 is 0 Å². The topological polar surface area (TPSA) is 0 Å². The Balaban J connectivity index is 4.39. The average molecular weight is 194 g/mol. The summed E-state index contributed by atoms with van der Waals surface area (Å²) in [6.45, 7) is 13.4. The zero-order chi connectivity index (χ0) is 11.1. The van der Waals surface area contributed by atoms with Gasteiger partial charge >= 0.3 is 0 Å². The van der Waals surface area contributed by atoms with Crippen molar-refractivity contribution >= 4 is 0 Å². The molecule has 0 aliphatic heterocycles. The summed E-state index contributed by atoms with van der Waals surface area (Å²) >= 11 is 0. The van der Waals surface area contributed by atoms with Crippen LogP contribution in [0.3, 0.4) is 0 Å². The molecule has 14 heavy (non-hydrogen) atoms. The zero-order valence-corrected chi connectivity index (χ0v) is 9.31. The molecule has 1 heteroatoms. The molecule has 0 spiro atoms.